The van der Waals surface area contributed by atoms with Crippen molar-refractivity contribution < 1.29 is 78.9 Å². The van der Waals surface area contributed by atoms with Gasteiger partial charge in [0, 0.05) is 32.9 Å². The molecule has 2 aromatic carbocycles. The van der Waals surface area contributed by atoms with E-state index in [1.807, 2.05) is 157 Å². The third-order valence-electron chi connectivity index (χ3n) is 11.3. The number of hydrogen-bond donors (Lipinski definition) is 0. The molecule has 0 aliphatic carbocycles. The molecule has 75 heavy (non-hydrogen) atoms. The van der Waals surface area contributed by atoms with Gasteiger partial charge in [-0.15, -0.1) is 0 Å². The Morgan fingerprint density at radius 1 is 0.587 bits per heavy atom. The Hall–Kier alpha value is -4.21. The van der Waals surface area contributed by atoms with E-state index in [0.29, 0.717) is 49.7 Å². The van der Waals surface area contributed by atoms with Crippen LogP contribution >= 0.6 is 0 Å². The maximum atomic E-state index is 13.6. The van der Waals surface area contributed by atoms with E-state index in [9.17, 15) is 33.6 Å². The second kappa shape index (κ2) is 47.0. The maximum absolute atomic E-state index is 13.6. The van der Waals surface area contributed by atoms with Gasteiger partial charge in [0.2, 0.25) is 0 Å². The topological polar surface area (TPSA) is 154 Å². The summed E-state index contributed by atoms with van der Waals surface area (Å²) < 4.78 is 17.2. The number of allylic oxidation sites excluding steroid dienone is 1. The van der Waals surface area contributed by atoms with Crippen LogP contribution in [0, 0.1) is 73.0 Å². The van der Waals surface area contributed by atoms with Gasteiger partial charge in [-0.05, 0) is 87.0 Å². The van der Waals surface area contributed by atoms with E-state index in [2.05, 4.69) is 27.4 Å². The molecule has 0 spiro atoms. The molecule has 12 nitrogen and oxygen atoms in total. The average Bonchev–Trinajstić information content (AvgIpc) is 3.37. The summed E-state index contributed by atoms with van der Waals surface area (Å²) in [6, 6.07) is 17.6. The summed E-state index contributed by atoms with van der Waals surface area (Å²) in [5.74, 6) is -0.217. The average molecular weight is 1280 g/mol. The predicted octanol–water partition coefficient (Wildman–Crippen LogP) is 13.3. The van der Waals surface area contributed by atoms with Gasteiger partial charge in [-0.25, -0.2) is 11.1 Å². The molecule has 7 atom stereocenters. The van der Waals surface area contributed by atoms with Crippen LogP contribution in [0.3, 0.4) is 0 Å². The SMILES string of the molecule is C=C(O[C@H](Cc1ccccc1)C(=O)N(C)[C@H]([C-]=O)CC(C)C)[C@@H](C)CC(C)C.CC.CC.CC.CC[C@@H](CC(C)C)C(=O)O[C@H](Cc1ccccc1)C(=O)N(C)[C@@H](CC(C)C)C(=O)O[C@H](C)C(C)=O.C[CH-]C(C)=O.[U+2]. The van der Waals surface area contributed by atoms with Gasteiger partial charge in [0.15, 0.2) is 24.1 Å². The zero-order valence-electron chi connectivity index (χ0n) is 50.8. The number of ether oxygens (including phenoxy) is 3. The van der Waals surface area contributed by atoms with E-state index in [1.54, 1.807) is 14.0 Å². The Kier molecular flexibility index (Phi) is 50.0. The first-order valence-electron chi connectivity index (χ1n) is 27.3. The third-order valence-corrected chi connectivity index (χ3v) is 11.3. The number of likely N-dealkylation sites (N-methyl/N-ethyl adjacent to an activating group) is 2. The molecule has 0 saturated carbocycles. The molecule has 2 amide bonds. The van der Waals surface area contributed by atoms with E-state index >= 15 is 0 Å². The molecule has 13 heteroatoms. The summed E-state index contributed by atoms with van der Waals surface area (Å²) in [4.78, 5) is 88.4. The molecular formula is C62H104N2O10U. The Morgan fingerprint density at radius 3 is 1.32 bits per heavy atom. The first kappa shape index (κ1) is 79.7. The third kappa shape index (κ3) is 36.5. The van der Waals surface area contributed by atoms with Crippen molar-refractivity contribution in [3.8, 4) is 0 Å². The Morgan fingerprint density at radius 2 is 0.973 bits per heavy atom. The van der Waals surface area contributed by atoms with Gasteiger partial charge >= 0.3 is 43.1 Å². The standard InChI is InChI=1S/C28H43NO6.C24H36NO3.C4H7O.3C2H6.U/c1-9-23(15-18(2)3)27(32)35-25(17-22-13-11-10-12-14-22)26(31)29(8)24(16-19(4)5)28(33)34-21(7)20(6)30;1-17(2)13-19(5)20(6)28-23(15-21-11-9-8-10-12-21)24(27)25(7)22(16-26)14-18(3)4;1-3-4(2)5;3*1-2;/h10-14,18-19,21,23-25H,9,15-17H2,1-8H3;8-12,17-19,22-23H,6,13-15H2,1-5,7H3;3H,1-2H3;3*1-2H3;/q;2*-1;;;;+2/t21-,23+,24+,25-;19-,22-,23+;;;;;/m10...../s1. The molecule has 0 bridgehead atoms. The van der Waals surface area contributed by atoms with Crippen LogP contribution in [-0.2, 0) is 60.6 Å². The van der Waals surface area contributed by atoms with Gasteiger partial charge < -0.3 is 40.0 Å². The summed E-state index contributed by atoms with van der Waals surface area (Å²) in [6.45, 7) is 42.5. The first-order valence-corrected chi connectivity index (χ1v) is 27.3. The number of nitrogens with zero attached hydrogens (tertiary/aromatic N) is 2. The van der Waals surface area contributed by atoms with Crippen molar-refractivity contribution in [1.29, 1.82) is 0 Å². The molecule has 426 valence electrons. The number of esters is 2. The zero-order chi connectivity index (χ0) is 58.3. The van der Waals surface area contributed by atoms with E-state index in [0.717, 1.165) is 17.5 Å². The molecule has 0 fully saturated rings. The quantitative estimate of drug-likeness (QED) is 0.0480. The van der Waals surface area contributed by atoms with Gasteiger partial charge in [-0.2, -0.15) is 6.92 Å². The van der Waals surface area contributed by atoms with Crippen LogP contribution in [0.15, 0.2) is 73.0 Å². The van der Waals surface area contributed by atoms with Crippen molar-refractivity contribution >= 4 is 41.6 Å². The fraction of sp³-hybridized carbons (Fsp3) is 0.645. The smallest absolute Gasteiger partial charge is 0.540 e. The summed E-state index contributed by atoms with van der Waals surface area (Å²) in [7, 11) is 3.17. The summed E-state index contributed by atoms with van der Waals surface area (Å²) in [6.07, 6.45) is 4.63. The number of benzene rings is 2. The molecule has 2 aromatic rings. The molecule has 0 radical (unpaired) electrons. The van der Waals surface area contributed by atoms with E-state index in [-0.39, 0.29) is 78.7 Å². The second-order valence-electron chi connectivity index (χ2n) is 19.5. The van der Waals surface area contributed by atoms with Crippen LogP contribution in [0.25, 0.3) is 0 Å². The number of Topliss-reactive ketones (excluding diaryl/α,β-unsaturated/α-hetero) is 2. The van der Waals surface area contributed by atoms with Crippen LogP contribution in [0.2, 0.25) is 0 Å². The molecular weight excluding hydrogens is 1170 g/mol. The minimum absolute atomic E-state index is 0. The number of hydrogen-bond acceptors (Lipinski definition) is 10. The van der Waals surface area contributed by atoms with Gasteiger partial charge in [0.25, 0.3) is 11.8 Å². The van der Waals surface area contributed by atoms with E-state index in [4.69, 9.17) is 14.2 Å². The van der Waals surface area contributed by atoms with Crippen LogP contribution in [0.1, 0.15) is 182 Å². The van der Waals surface area contributed by atoms with Gasteiger partial charge in [-0.1, -0.05) is 190 Å². The van der Waals surface area contributed by atoms with Crippen molar-refractivity contribution in [2.75, 3.05) is 14.1 Å². The van der Waals surface area contributed by atoms with Crippen molar-refractivity contribution in [3.63, 3.8) is 0 Å². The minimum Gasteiger partial charge on any atom is -0.540 e. The Balaban J connectivity index is -0.000000366. The number of ketones is 2. The first-order chi connectivity index (χ1) is 34.8. The number of amides is 2. The predicted molar refractivity (Wildman–Crippen MR) is 305 cm³/mol. The largest absolute Gasteiger partial charge is 2.00 e. The van der Waals surface area contributed by atoms with Crippen molar-refractivity contribution in [3.05, 3.63) is 90.5 Å². The van der Waals surface area contributed by atoms with Gasteiger partial charge in [0.05, 0.1) is 11.7 Å². The molecule has 0 N–H and O–H groups in total. The van der Waals surface area contributed by atoms with Crippen molar-refractivity contribution in [2.45, 2.75) is 214 Å². The van der Waals surface area contributed by atoms with Crippen LogP contribution in [-0.4, -0.2) is 95.9 Å². The minimum atomic E-state index is -1.08. The molecule has 0 aliphatic heterocycles. The Bertz CT molecular complexity index is 1840. The maximum Gasteiger partial charge on any atom is 2.00 e. The summed E-state index contributed by atoms with van der Waals surface area (Å²) in [5.41, 5.74) is 1.85. The zero-order valence-corrected chi connectivity index (χ0v) is 55.0. The number of carbonyl (C=O) groups excluding carboxylic acids is 7. The van der Waals surface area contributed by atoms with Gasteiger partial charge in [0.1, 0.15) is 6.04 Å². The van der Waals surface area contributed by atoms with Gasteiger partial charge in [-0.3, -0.25) is 19.2 Å². The van der Waals surface area contributed by atoms with Crippen LogP contribution < -0.4 is 0 Å². The summed E-state index contributed by atoms with van der Waals surface area (Å²) >= 11 is 0. The number of carbonyl (C=O) groups is 6. The normalized spacial score (nSPS) is 12.9. The Labute approximate surface area is 481 Å². The molecule has 2 rings (SSSR count). The molecule has 0 unspecified atom stereocenters. The molecule has 0 aromatic heterocycles. The fourth-order valence-electron chi connectivity index (χ4n) is 7.08. The molecule has 0 heterocycles. The van der Waals surface area contributed by atoms with E-state index in [1.165, 1.54) is 44.0 Å². The monoisotopic (exact) mass is 1270 g/mol. The second-order valence-corrected chi connectivity index (χ2v) is 19.5. The summed E-state index contributed by atoms with van der Waals surface area (Å²) in [5, 5.41) is 0. The van der Waals surface area contributed by atoms with E-state index < -0.39 is 48.2 Å². The molecule has 0 aliphatic rings. The molecule has 0 saturated heterocycles. The van der Waals surface area contributed by atoms with Crippen LogP contribution in [0.4, 0.5) is 0 Å². The van der Waals surface area contributed by atoms with Crippen LogP contribution in [0.5, 0.6) is 0 Å². The number of rotatable bonds is 27. The van der Waals surface area contributed by atoms with Crippen molar-refractivity contribution in [1.82, 2.24) is 9.80 Å². The fourth-order valence-corrected chi connectivity index (χ4v) is 7.08. The van der Waals surface area contributed by atoms with Crippen molar-refractivity contribution in [2.24, 2.45) is 35.5 Å².